The molecule has 0 fully saturated rings. The summed E-state index contributed by atoms with van der Waals surface area (Å²) in [6, 6.07) is 1.40. The number of hydrogen-bond donors (Lipinski definition) is 1. The van der Waals surface area contributed by atoms with Crippen molar-refractivity contribution in [3.8, 4) is 12.3 Å². The van der Waals surface area contributed by atoms with Crippen LogP contribution in [-0.4, -0.2) is 15.0 Å². The molecule has 0 aliphatic rings. The SMILES string of the molecule is C#CCCCNS(=O)(=O)c1c(F)cc(F)cc1Br. The maximum atomic E-state index is 13.5. The van der Waals surface area contributed by atoms with E-state index in [9.17, 15) is 17.2 Å². The third-order valence-electron chi connectivity index (χ3n) is 2.02. The molecule has 0 heterocycles. The van der Waals surface area contributed by atoms with Gasteiger partial charge in [0, 0.05) is 23.5 Å². The number of unbranched alkanes of at least 4 members (excludes halogenated alkanes) is 1. The van der Waals surface area contributed by atoms with Gasteiger partial charge in [-0.25, -0.2) is 21.9 Å². The Balaban J connectivity index is 2.96. The Kier molecular flexibility index (Phi) is 5.26. The molecule has 0 saturated carbocycles. The molecule has 1 N–H and O–H groups in total. The smallest absolute Gasteiger partial charge is 0.211 e. The fourth-order valence-electron chi connectivity index (χ4n) is 1.25. The summed E-state index contributed by atoms with van der Waals surface area (Å²) in [6.07, 6.45) is 5.87. The van der Waals surface area contributed by atoms with Crippen LogP contribution in [-0.2, 0) is 10.0 Å². The van der Waals surface area contributed by atoms with Crippen molar-refractivity contribution in [3.05, 3.63) is 28.2 Å². The van der Waals surface area contributed by atoms with Crippen molar-refractivity contribution in [2.75, 3.05) is 6.54 Å². The lowest BCUT2D eigenvalue weighted by molar-refractivity contribution is 0.540. The summed E-state index contributed by atoms with van der Waals surface area (Å²) in [4.78, 5) is -0.607. The van der Waals surface area contributed by atoms with Crippen LogP contribution in [0.15, 0.2) is 21.5 Å². The number of benzene rings is 1. The normalized spacial score (nSPS) is 11.2. The van der Waals surface area contributed by atoms with Crippen LogP contribution >= 0.6 is 15.9 Å². The van der Waals surface area contributed by atoms with Crippen molar-refractivity contribution >= 4 is 26.0 Å². The molecule has 0 bridgehead atoms. The highest BCUT2D eigenvalue weighted by atomic mass is 79.9. The Labute approximate surface area is 113 Å². The van der Waals surface area contributed by atoms with Gasteiger partial charge in [0.1, 0.15) is 16.5 Å². The fourth-order valence-corrected chi connectivity index (χ4v) is 3.49. The molecule has 0 aliphatic heterocycles. The molecule has 0 aromatic heterocycles. The monoisotopic (exact) mass is 337 g/mol. The van der Waals surface area contributed by atoms with Crippen LogP contribution in [0.4, 0.5) is 8.78 Å². The summed E-state index contributed by atoms with van der Waals surface area (Å²) < 4.78 is 51.9. The number of rotatable bonds is 5. The van der Waals surface area contributed by atoms with Gasteiger partial charge in [0.05, 0.1) is 0 Å². The summed E-state index contributed by atoms with van der Waals surface area (Å²) in [5.74, 6) is 0.353. The molecule has 1 aromatic rings. The minimum atomic E-state index is -4.03. The Hall–Kier alpha value is -0.970. The maximum Gasteiger partial charge on any atom is 0.244 e. The highest BCUT2D eigenvalue weighted by Crippen LogP contribution is 2.25. The van der Waals surface area contributed by atoms with Gasteiger partial charge < -0.3 is 0 Å². The zero-order valence-corrected chi connectivity index (χ0v) is 11.6. The van der Waals surface area contributed by atoms with Gasteiger partial charge in [-0.2, -0.15) is 0 Å². The van der Waals surface area contributed by atoms with Gasteiger partial charge in [-0.1, -0.05) is 0 Å². The fraction of sp³-hybridized carbons (Fsp3) is 0.273. The average Bonchev–Trinajstić information content (AvgIpc) is 2.22. The second-order valence-electron chi connectivity index (χ2n) is 3.40. The minimum Gasteiger partial charge on any atom is -0.211 e. The molecule has 0 atom stereocenters. The highest BCUT2D eigenvalue weighted by molar-refractivity contribution is 9.10. The second kappa shape index (κ2) is 6.27. The van der Waals surface area contributed by atoms with Crippen molar-refractivity contribution in [1.82, 2.24) is 4.72 Å². The molecular formula is C11H10BrF2NO2S. The van der Waals surface area contributed by atoms with Crippen LogP contribution in [0.1, 0.15) is 12.8 Å². The lowest BCUT2D eigenvalue weighted by Crippen LogP contribution is -2.26. The topological polar surface area (TPSA) is 46.2 Å². The number of halogens is 3. The molecule has 0 saturated heterocycles. The summed E-state index contributed by atoms with van der Waals surface area (Å²) >= 11 is 2.82. The molecule has 18 heavy (non-hydrogen) atoms. The maximum absolute atomic E-state index is 13.5. The van der Waals surface area contributed by atoms with Crippen molar-refractivity contribution in [2.24, 2.45) is 0 Å². The molecule has 0 spiro atoms. The van der Waals surface area contributed by atoms with Crippen molar-refractivity contribution < 1.29 is 17.2 Å². The minimum absolute atomic E-state index is 0.0930. The van der Waals surface area contributed by atoms with Crippen molar-refractivity contribution in [3.63, 3.8) is 0 Å². The van der Waals surface area contributed by atoms with Crippen LogP contribution in [0, 0.1) is 24.0 Å². The first-order valence-electron chi connectivity index (χ1n) is 4.96. The van der Waals surface area contributed by atoms with Crippen LogP contribution in [0.5, 0.6) is 0 Å². The number of nitrogens with one attached hydrogen (secondary N) is 1. The van der Waals surface area contributed by atoms with Gasteiger partial charge in [0.25, 0.3) is 0 Å². The van der Waals surface area contributed by atoms with Gasteiger partial charge in [-0.3, -0.25) is 0 Å². The predicted octanol–water partition coefficient (Wildman–Crippen LogP) is 2.42. The van der Waals surface area contributed by atoms with Gasteiger partial charge in [0.15, 0.2) is 0 Å². The van der Waals surface area contributed by atoms with Crippen molar-refractivity contribution in [1.29, 1.82) is 0 Å². The van der Waals surface area contributed by atoms with E-state index in [1.807, 2.05) is 0 Å². The lowest BCUT2D eigenvalue weighted by Gasteiger charge is -2.09. The lowest BCUT2D eigenvalue weighted by atomic mass is 10.3. The molecule has 3 nitrogen and oxygen atoms in total. The van der Waals surface area contributed by atoms with Gasteiger partial charge in [-0.05, 0) is 28.4 Å². The van der Waals surface area contributed by atoms with E-state index in [2.05, 4.69) is 26.6 Å². The molecule has 0 aliphatic carbocycles. The van der Waals surface area contributed by atoms with E-state index >= 15 is 0 Å². The second-order valence-corrected chi connectivity index (χ2v) is 5.96. The number of terminal acetylenes is 1. The highest BCUT2D eigenvalue weighted by Gasteiger charge is 2.22. The third kappa shape index (κ3) is 3.77. The Bertz CT molecular complexity index is 558. The van der Waals surface area contributed by atoms with Gasteiger partial charge in [0.2, 0.25) is 10.0 Å². The summed E-state index contributed by atoms with van der Waals surface area (Å²) in [5.41, 5.74) is 0. The Morgan fingerprint density at radius 3 is 2.61 bits per heavy atom. The average molecular weight is 338 g/mol. The van der Waals surface area contributed by atoms with E-state index in [-0.39, 0.29) is 11.0 Å². The van der Waals surface area contributed by atoms with E-state index in [1.54, 1.807) is 0 Å². The first-order chi connectivity index (χ1) is 8.38. The molecule has 0 amide bonds. The Morgan fingerprint density at radius 1 is 1.39 bits per heavy atom. The molecule has 1 rings (SSSR count). The zero-order valence-electron chi connectivity index (χ0n) is 9.21. The molecule has 98 valence electrons. The van der Waals surface area contributed by atoms with Crippen LogP contribution in [0.25, 0.3) is 0 Å². The summed E-state index contributed by atoms with van der Waals surface area (Å²) in [7, 11) is -4.03. The van der Waals surface area contributed by atoms with Gasteiger partial charge in [-0.15, -0.1) is 12.3 Å². The number of hydrogen-bond acceptors (Lipinski definition) is 2. The van der Waals surface area contributed by atoms with E-state index in [0.717, 1.165) is 6.07 Å². The van der Waals surface area contributed by atoms with E-state index in [4.69, 9.17) is 6.42 Å². The molecular weight excluding hydrogens is 328 g/mol. The molecule has 7 heteroatoms. The van der Waals surface area contributed by atoms with Crippen LogP contribution in [0.3, 0.4) is 0 Å². The van der Waals surface area contributed by atoms with Crippen LogP contribution in [0.2, 0.25) is 0 Å². The largest absolute Gasteiger partial charge is 0.244 e. The standard InChI is InChI=1S/C11H10BrF2NO2S/c1-2-3-4-5-15-18(16,17)11-9(12)6-8(13)7-10(11)14/h1,6-7,15H,3-5H2. The predicted molar refractivity (Wildman–Crippen MR) is 67.3 cm³/mol. The molecule has 1 aromatic carbocycles. The van der Waals surface area contributed by atoms with Gasteiger partial charge >= 0.3 is 0 Å². The summed E-state index contributed by atoms with van der Waals surface area (Å²) in [5, 5.41) is 0. The quantitative estimate of drug-likeness (QED) is 0.662. The first kappa shape index (κ1) is 15.1. The Morgan fingerprint density at radius 2 is 2.06 bits per heavy atom. The van der Waals surface area contributed by atoms with E-state index in [1.165, 1.54) is 0 Å². The third-order valence-corrected chi connectivity index (χ3v) is 4.45. The molecule has 0 radical (unpaired) electrons. The molecule has 0 unspecified atom stereocenters. The summed E-state index contributed by atoms with van der Waals surface area (Å²) in [6.45, 7) is 0.0930. The number of sulfonamides is 1. The van der Waals surface area contributed by atoms with E-state index < -0.39 is 26.6 Å². The van der Waals surface area contributed by atoms with E-state index in [0.29, 0.717) is 18.9 Å². The zero-order chi connectivity index (χ0) is 13.8. The van der Waals surface area contributed by atoms with Crippen LogP contribution < -0.4 is 4.72 Å². The van der Waals surface area contributed by atoms with Crippen molar-refractivity contribution in [2.45, 2.75) is 17.7 Å². The first-order valence-corrected chi connectivity index (χ1v) is 7.24.